The van der Waals surface area contributed by atoms with Crippen LogP contribution in [-0.2, 0) is 14.6 Å². The van der Waals surface area contributed by atoms with Gasteiger partial charge in [-0.2, -0.15) is 13.2 Å². The summed E-state index contributed by atoms with van der Waals surface area (Å²) >= 11 is 0. The third-order valence-electron chi connectivity index (χ3n) is 6.73. The molecule has 0 bridgehead atoms. The van der Waals surface area contributed by atoms with E-state index in [1.54, 1.807) is 6.92 Å². The lowest BCUT2D eigenvalue weighted by Gasteiger charge is -2.24. The van der Waals surface area contributed by atoms with E-state index in [9.17, 15) is 40.4 Å². The lowest BCUT2D eigenvalue weighted by molar-refractivity contribution is -0.119. The van der Waals surface area contributed by atoms with E-state index in [0.717, 1.165) is 29.2 Å². The van der Waals surface area contributed by atoms with Crippen LogP contribution in [0.3, 0.4) is 0 Å². The molecule has 1 N–H and O–H groups in total. The average molecular weight is 563 g/mol. The number of sulfone groups is 1. The summed E-state index contributed by atoms with van der Waals surface area (Å²) < 4.78 is 75.5. The monoisotopic (exact) mass is 562 g/mol. The first kappa shape index (κ1) is 26.3. The minimum atomic E-state index is -5.63. The summed E-state index contributed by atoms with van der Waals surface area (Å²) in [5.74, 6) is -2.13. The summed E-state index contributed by atoms with van der Waals surface area (Å²) in [7, 11) is -5.63. The zero-order valence-electron chi connectivity index (χ0n) is 19.9. The Labute approximate surface area is 219 Å². The molecule has 14 heteroatoms. The Hall–Kier alpha value is -4.33. The Bertz CT molecular complexity index is 1610. The first-order valence-corrected chi connectivity index (χ1v) is 12.9. The molecular weight excluding hydrogens is 544 g/mol. The maximum absolute atomic E-state index is 13.7. The van der Waals surface area contributed by atoms with Gasteiger partial charge in [-0.05, 0) is 66.9 Å². The number of urea groups is 1. The molecule has 2 heterocycles. The summed E-state index contributed by atoms with van der Waals surface area (Å²) in [5, 5.41) is 2.61. The van der Waals surface area contributed by atoms with Gasteiger partial charge in [0.05, 0.1) is 28.2 Å². The molecule has 1 saturated carbocycles. The number of nitrogens with zero attached hydrogens (tertiary/aromatic N) is 3. The van der Waals surface area contributed by atoms with Crippen LogP contribution >= 0.6 is 0 Å². The Morgan fingerprint density at radius 2 is 1.67 bits per heavy atom. The smallest absolute Gasteiger partial charge is 0.319 e. The first-order chi connectivity index (χ1) is 18.3. The summed E-state index contributed by atoms with van der Waals surface area (Å²) in [6.07, 6.45) is 2.89. The number of carbonyl (C=O) groups excluding carboxylic acids is 3. The van der Waals surface area contributed by atoms with Gasteiger partial charge in [-0.15, -0.1) is 0 Å². The molecule has 3 aromatic rings. The molecule has 1 spiro atoms. The van der Waals surface area contributed by atoms with Crippen molar-refractivity contribution >= 4 is 44.7 Å². The lowest BCUT2D eigenvalue weighted by atomic mass is 10.1. The Morgan fingerprint density at radius 3 is 2.23 bits per heavy atom. The quantitative estimate of drug-likeness (QED) is 0.361. The van der Waals surface area contributed by atoms with Crippen LogP contribution in [-0.4, -0.2) is 42.3 Å². The summed E-state index contributed by atoms with van der Waals surface area (Å²) in [6, 6.07) is 8.54. The second kappa shape index (κ2) is 8.86. The fraction of sp³-hybridized carbons (Fsp3) is 0.200. The van der Waals surface area contributed by atoms with Gasteiger partial charge in [0.2, 0.25) is 0 Å². The highest BCUT2D eigenvalue weighted by atomic mass is 32.2. The maximum atomic E-state index is 13.7. The van der Waals surface area contributed by atoms with Gasteiger partial charge in [-0.25, -0.2) is 22.5 Å². The molecule has 1 aliphatic heterocycles. The Morgan fingerprint density at radius 1 is 1.05 bits per heavy atom. The fourth-order valence-electron chi connectivity index (χ4n) is 4.59. The second-order valence-corrected chi connectivity index (χ2v) is 11.0. The molecule has 2 aliphatic rings. The van der Waals surface area contributed by atoms with Crippen molar-refractivity contribution in [3.8, 4) is 0 Å². The highest BCUT2D eigenvalue weighted by molar-refractivity contribution is 7.92. The summed E-state index contributed by atoms with van der Waals surface area (Å²) in [5.41, 5.74) is -6.63. The number of halogens is 4. The largest absolute Gasteiger partial charge is 0.501 e. The fourth-order valence-corrected chi connectivity index (χ4v) is 5.35. The number of rotatable bonds is 5. The number of carbonyl (C=O) groups is 3. The van der Waals surface area contributed by atoms with Crippen LogP contribution in [0.5, 0.6) is 0 Å². The normalized spacial score (nSPS) is 21.0. The zero-order valence-corrected chi connectivity index (χ0v) is 20.8. The molecule has 9 nitrogen and oxygen atoms in total. The third-order valence-corrected chi connectivity index (χ3v) is 8.23. The second-order valence-electron chi connectivity index (χ2n) is 9.08. The first-order valence-electron chi connectivity index (χ1n) is 11.4. The number of hydrogen-bond donors (Lipinski definition) is 1. The summed E-state index contributed by atoms with van der Waals surface area (Å²) in [4.78, 5) is 44.9. The van der Waals surface area contributed by atoms with Gasteiger partial charge >= 0.3 is 11.5 Å². The standard InChI is InChI=1S/C25H18F4N4O5S/c1-14-12-24(14)22(35)32(17-6-8-18(9-7-17)39(37,38)25(27,28)29)23(36)33(24)20-10-11-30-13-19(20)31-21(34)15-2-4-16(26)5-3-15/h2-11,13-14H,12H2,1H3,(H,31,34). The van der Waals surface area contributed by atoms with E-state index in [4.69, 9.17) is 0 Å². The molecule has 2 atom stereocenters. The van der Waals surface area contributed by atoms with Crippen LogP contribution in [0.1, 0.15) is 23.7 Å². The third kappa shape index (κ3) is 4.11. The van der Waals surface area contributed by atoms with Gasteiger partial charge in [0.1, 0.15) is 11.4 Å². The van der Waals surface area contributed by atoms with E-state index >= 15 is 0 Å². The predicted molar refractivity (Wildman–Crippen MR) is 130 cm³/mol. The number of anilines is 3. The van der Waals surface area contributed by atoms with Crippen molar-refractivity contribution < 1.29 is 40.4 Å². The van der Waals surface area contributed by atoms with Crippen molar-refractivity contribution in [2.75, 3.05) is 15.1 Å². The van der Waals surface area contributed by atoms with Crippen molar-refractivity contribution in [1.29, 1.82) is 0 Å². The molecule has 0 radical (unpaired) electrons. The van der Waals surface area contributed by atoms with Crippen LogP contribution in [0.15, 0.2) is 71.9 Å². The molecule has 2 fully saturated rings. The number of imide groups is 1. The number of aromatic nitrogens is 1. The van der Waals surface area contributed by atoms with E-state index in [0.29, 0.717) is 12.1 Å². The Kier molecular flexibility index (Phi) is 5.97. The molecule has 39 heavy (non-hydrogen) atoms. The number of hydrogen-bond acceptors (Lipinski definition) is 6. The molecule has 4 amide bonds. The minimum Gasteiger partial charge on any atom is -0.319 e. The maximum Gasteiger partial charge on any atom is 0.501 e. The van der Waals surface area contributed by atoms with Gasteiger partial charge in [-0.1, -0.05) is 6.92 Å². The molecule has 2 unspecified atom stereocenters. The number of pyridine rings is 1. The number of nitrogens with one attached hydrogen (secondary N) is 1. The van der Waals surface area contributed by atoms with Crippen LogP contribution in [0.25, 0.3) is 0 Å². The van der Waals surface area contributed by atoms with Crippen molar-refractivity contribution in [3.63, 3.8) is 0 Å². The van der Waals surface area contributed by atoms with Crippen LogP contribution in [0.2, 0.25) is 0 Å². The Balaban J connectivity index is 1.50. The molecular formula is C25H18F4N4O5S. The van der Waals surface area contributed by atoms with E-state index in [1.807, 2.05) is 0 Å². The van der Waals surface area contributed by atoms with Crippen molar-refractivity contribution in [1.82, 2.24) is 4.98 Å². The van der Waals surface area contributed by atoms with Crippen LogP contribution in [0.4, 0.5) is 39.4 Å². The van der Waals surface area contributed by atoms with Gasteiger partial charge in [0.15, 0.2) is 0 Å². The SMILES string of the molecule is CC1CC12C(=O)N(c1ccc(S(=O)(=O)C(F)(F)F)cc1)C(=O)N2c1ccncc1NC(=O)c1ccc(F)cc1. The van der Waals surface area contributed by atoms with Crippen molar-refractivity contribution in [2.24, 2.45) is 5.92 Å². The number of benzene rings is 2. The van der Waals surface area contributed by atoms with E-state index in [1.165, 1.54) is 35.5 Å². The van der Waals surface area contributed by atoms with Crippen LogP contribution < -0.4 is 15.1 Å². The highest BCUT2D eigenvalue weighted by Crippen LogP contribution is 2.56. The van der Waals surface area contributed by atoms with E-state index in [2.05, 4.69) is 10.3 Å². The van der Waals surface area contributed by atoms with Gasteiger partial charge in [0, 0.05) is 11.8 Å². The van der Waals surface area contributed by atoms with E-state index < -0.39 is 49.4 Å². The van der Waals surface area contributed by atoms with Gasteiger partial charge in [0.25, 0.3) is 21.7 Å². The predicted octanol–water partition coefficient (Wildman–Crippen LogP) is 4.52. The number of amides is 4. The molecule has 2 aromatic carbocycles. The zero-order chi connectivity index (χ0) is 28.3. The van der Waals surface area contributed by atoms with Gasteiger partial charge < -0.3 is 5.32 Å². The van der Waals surface area contributed by atoms with Crippen molar-refractivity contribution in [2.45, 2.75) is 29.3 Å². The molecule has 1 saturated heterocycles. The van der Waals surface area contributed by atoms with Crippen LogP contribution in [0, 0.1) is 11.7 Å². The van der Waals surface area contributed by atoms with Crippen molar-refractivity contribution in [3.05, 3.63) is 78.4 Å². The molecule has 1 aromatic heterocycles. The minimum absolute atomic E-state index is 0.0833. The molecule has 202 valence electrons. The van der Waals surface area contributed by atoms with Gasteiger partial charge in [-0.3, -0.25) is 19.5 Å². The highest BCUT2D eigenvalue weighted by Gasteiger charge is 2.71. The van der Waals surface area contributed by atoms with E-state index in [-0.39, 0.29) is 35.0 Å². The molecule has 1 aliphatic carbocycles. The molecule has 5 rings (SSSR count). The topological polar surface area (TPSA) is 117 Å². The lowest BCUT2D eigenvalue weighted by Crippen LogP contribution is -2.39. The average Bonchev–Trinajstić information content (AvgIpc) is 3.50. The summed E-state index contributed by atoms with van der Waals surface area (Å²) in [6.45, 7) is 1.73. The number of alkyl halides is 3.